The maximum absolute atomic E-state index is 11.8. The predicted octanol–water partition coefficient (Wildman–Crippen LogP) is 2.41. The number of nitrogens with zero attached hydrogens (tertiary/aromatic N) is 5. The fourth-order valence-electron chi connectivity index (χ4n) is 4.12. The summed E-state index contributed by atoms with van der Waals surface area (Å²) in [5, 5.41) is 3.88. The van der Waals surface area contributed by atoms with Gasteiger partial charge in [-0.15, -0.1) is 0 Å². The lowest BCUT2D eigenvalue weighted by Crippen LogP contribution is -2.47. The number of aryl methyl sites for hydroxylation is 1. The molecule has 0 saturated carbocycles. The second-order valence-electron chi connectivity index (χ2n) is 8.43. The molecule has 0 radical (unpaired) electrons. The van der Waals surface area contributed by atoms with Crippen LogP contribution in [0, 0.1) is 6.92 Å². The number of nitrogens with two attached hydrogens (primary N) is 2. The van der Waals surface area contributed by atoms with E-state index in [0.717, 1.165) is 54.4 Å². The van der Waals surface area contributed by atoms with E-state index < -0.39 is 5.97 Å². The third kappa shape index (κ3) is 6.62. The summed E-state index contributed by atoms with van der Waals surface area (Å²) in [7, 11) is 0. The van der Waals surface area contributed by atoms with E-state index >= 15 is 0 Å². The number of hydrogen-bond donors (Lipinski definition) is 2. The van der Waals surface area contributed by atoms with Crippen molar-refractivity contribution in [3.8, 4) is 0 Å². The molecule has 188 valence electrons. The molecule has 1 saturated heterocycles. The summed E-state index contributed by atoms with van der Waals surface area (Å²) < 4.78 is 5.17. The summed E-state index contributed by atoms with van der Waals surface area (Å²) in [6, 6.07) is 17.9. The topological polar surface area (TPSA) is 132 Å². The van der Waals surface area contributed by atoms with Crippen molar-refractivity contribution < 1.29 is 14.4 Å². The lowest BCUT2D eigenvalue weighted by Gasteiger charge is -2.38. The highest BCUT2D eigenvalue weighted by atomic mass is 16.6. The van der Waals surface area contributed by atoms with Crippen LogP contribution in [0.25, 0.3) is 0 Å². The standard InChI is InChI=1S/C26H31N7O3/c1-19-24(25(27)31-26(28)30-19)33-14-12-32(13-15-33)22-9-7-21(8-10-22)17-29-36-18-23(34)35-16-11-20-5-3-2-4-6-20/h2-10,17H,11-16,18H2,1H3,(H4,27,28,30,31). The molecule has 1 aliphatic heterocycles. The normalized spacial score (nSPS) is 13.7. The van der Waals surface area contributed by atoms with Crippen LogP contribution in [0.15, 0.2) is 59.8 Å². The maximum Gasteiger partial charge on any atom is 0.347 e. The van der Waals surface area contributed by atoms with Crippen molar-refractivity contribution in [2.24, 2.45) is 5.16 Å². The molecular weight excluding hydrogens is 458 g/mol. The first-order valence-electron chi connectivity index (χ1n) is 11.8. The Hall–Kier alpha value is -4.34. The monoisotopic (exact) mass is 489 g/mol. The Kier molecular flexibility index (Phi) is 8.17. The van der Waals surface area contributed by atoms with Gasteiger partial charge in [0.15, 0.2) is 5.82 Å². The Morgan fingerprint density at radius 3 is 2.39 bits per heavy atom. The summed E-state index contributed by atoms with van der Waals surface area (Å²) in [6.45, 7) is 5.27. The van der Waals surface area contributed by atoms with Crippen molar-refractivity contribution in [2.45, 2.75) is 13.3 Å². The number of anilines is 4. The molecule has 2 aromatic carbocycles. The first kappa shape index (κ1) is 24.8. The van der Waals surface area contributed by atoms with E-state index in [1.165, 1.54) is 0 Å². The van der Waals surface area contributed by atoms with E-state index in [1.807, 2.05) is 61.5 Å². The van der Waals surface area contributed by atoms with E-state index in [1.54, 1.807) is 6.21 Å². The van der Waals surface area contributed by atoms with Crippen molar-refractivity contribution >= 4 is 35.3 Å². The van der Waals surface area contributed by atoms with E-state index in [2.05, 4.69) is 24.9 Å². The summed E-state index contributed by atoms with van der Waals surface area (Å²) in [5.74, 6) is 0.167. The van der Waals surface area contributed by atoms with Gasteiger partial charge in [0.25, 0.3) is 0 Å². The Labute approximate surface area is 210 Å². The van der Waals surface area contributed by atoms with E-state index in [4.69, 9.17) is 21.0 Å². The molecule has 0 amide bonds. The highest BCUT2D eigenvalue weighted by Gasteiger charge is 2.22. The van der Waals surface area contributed by atoms with Gasteiger partial charge in [0.2, 0.25) is 12.6 Å². The molecular formula is C26H31N7O3. The van der Waals surface area contributed by atoms with Crippen molar-refractivity contribution in [1.29, 1.82) is 0 Å². The van der Waals surface area contributed by atoms with Gasteiger partial charge in [-0.05, 0) is 30.2 Å². The summed E-state index contributed by atoms with van der Waals surface area (Å²) in [5.41, 5.74) is 16.5. The van der Waals surface area contributed by atoms with Crippen LogP contribution in [-0.2, 0) is 20.8 Å². The van der Waals surface area contributed by atoms with Crippen molar-refractivity contribution in [3.05, 3.63) is 71.4 Å². The van der Waals surface area contributed by atoms with Crippen LogP contribution >= 0.6 is 0 Å². The van der Waals surface area contributed by atoms with Crippen LogP contribution in [0.3, 0.4) is 0 Å². The molecule has 2 heterocycles. The fraction of sp³-hybridized carbons (Fsp3) is 0.308. The molecule has 0 atom stereocenters. The van der Waals surface area contributed by atoms with Crippen LogP contribution in [0.4, 0.5) is 23.1 Å². The van der Waals surface area contributed by atoms with Gasteiger partial charge in [-0.1, -0.05) is 47.6 Å². The lowest BCUT2D eigenvalue weighted by molar-refractivity contribution is -0.148. The highest BCUT2D eigenvalue weighted by Crippen LogP contribution is 2.27. The number of carbonyl (C=O) groups excluding carboxylic acids is 1. The molecule has 3 aromatic rings. The SMILES string of the molecule is Cc1nc(N)nc(N)c1N1CCN(c2ccc(C=NOCC(=O)OCCc3ccccc3)cc2)CC1. The maximum atomic E-state index is 11.8. The van der Waals surface area contributed by atoms with E-state index in [-0.39, 0.29) is 12.6 Å². The van der Waals surface area contributed by atoms with Gasteiger partial charge < -0.3 is 30.8 Å². The Bertz CT molecular complexity index is 1150. The number of aromatic nitrogens is 2. The van der Waals surface area contributed by atoms with Crippen LogP contribution in [0.2, 0.25) is 0 Å². The second kappa shape index (κ2) is 11.9. The number of carbonyl (C=O) groups is 1. The van der Waals surface area contributed by atoms with E-state index in [0.29, 0.717) is 18.8 Å². The fourth-order valence-corrected chi connectivity index (χ4v) is 4.12. The zero-order chi connectivity index (χ0) is 25.3. The van der Waals surface area contributed by atoms with Gasteiger partial charge in [-0.2, -0.15) is 4.98 Å². The van der Waals surface area contributed by atoms with Crippen molar-refractivity contribution in [3.63, 3.8) is 0 Å². The molecule has 1 aromatic heterocycles. The first-order chi connectivity index (χ1) is 17.5. The largest absolute Gasteiger partial charge is 0.463 e. The van der Waals surface area contributed by atoms with Crippen LogP contribution in [0.5, 0.6) is 0 Å². The summed E-state index contributed by atoms with van der Waals surface area (Å²) >= 11 is 0. The summed E-state index contributed by atoms with van der Waals surface area (Å²) in [6.07, 6.45) is 2.24. The molecule has 10 nitrogen and oxygen atoms in total. The molecule has 1 fully saturated rings. The quantitative estimate of drug-likeness (QED) is 0.264. The molecule has 0 bridgehead atoms. The minimum Gasteiger partial charge on any atom is -0.463 e. The van der Waals surface area contributed by atoms with Gasteiger partial charge in [0, 0.05) is 38.3 Å². The Balaban J connectivity index is 1.19. The minimum atomic E-state index is -0.444. The first-order valence-corrected chi connectivity index (χ1v) is 11.8. The number of piperazine rings is 1. The van der Waals surface area contributed by atoms with E-state index in [9.17, 15) is 4.79 Å². The van der Waals surface area contributed by atoms with Crippen LogP contribution in [-0.4, -0.2) is 61.5 Å². The second-order valence-corrected chi connectivity index (χ2v) is 8.43. The minimum absolute atomic E-state index is 0.195. The number of rotatable bonds is 9. The van der Waals surface area contributed by atoms with Gasteiger partial charge in [-0.25, -0.2) is 9.78 Å². The average molecular weight is 490 g/mol. The molecule has 0 aliphatic carbocycles. The molecule has 0 spiro atoms. The number of esters is 1. The van der Waals surface area contributed by atoms with Gasteiger partial charge >= 0.3 is 5.97 Å². The van der Waals surface area contributed by atoms with Crippen LogP contribution in [0.1, 0.15) is 16.8 Å². The number of benzene rings is 2. The van der Waals surface area contributed by atoms with Gasteiger partial charge in [0.1, 0.15) is 5.69 Å². The zero-order valence-corrected chi connectivity index (χ0v) is 20.3. The third-order valence-corrected chi connectivity index (χ3v) is 5.91. The molecule has 10 heteroatoms. The van der Waals surface area contributed by atoms with Crippen molar-refractivity contribution in [2.75, 3.05) is 60.7 Å². The smallest absolute Gasteiger partial charge is 0.347 e. The van der Waals surface area contributed by atoms with Crippen LogP contribution < -0.4 is 21.3 Å². The molecule has 0 unspecified atom stereocenters. The average Bonchev–Trinajstić information content (AvgIpc) is 2.87. The number of ether oxygens (including phenoxy) is 1. The zero-order valence-electron chi connectivity index (χ0n) is 20.3. The summed E-state index contributed by atoms with van der Waals surface area (Å²) in [4.78, 5) is 29.7. The third-order valence-electron chi connectivity index (χ3n) is 5.91. The number of nitrogen functional groups attached to an aromatic ring is 2. The van der Waals surface area contributed by atoms with Gasteiger partial charge in [-0.3, -0.25) is 0 Å². The Morgan fingerprint density at radius 2 is 1.69 bits per heavy atom. The number of hydrogen-bond acceptors (Lipinski definition) is 10. The lowest BCUT2D eigenvalue weighted by atomic mass is 10.2. The molecule has 1 aliphatic rings. The molecule has 4 N–H and O–H groups in total. The predicted molar refractivity (Wildman–Crippen MR) is 141 cm³/mol. The number of oxime groups is 1. The molecule has 36 heavy (non-hydrogen) atoms. The highest BCUT2D eigenvalue weighted by molar-refractivity contribution is 5.80. The Morgan fingerprint density at radius 1 is 1.00 bits per heavy atom. The molecule has 4 rings (SSSR count). The van der Waals surface area contributed by atoms with Crippen molar-refractivity contribution in [1.82, 2.24) is 9.97 Å². The van der Waals surface area contributed by atoms with Gasteiger partial charge in [0.05, 0.1) is 18.5 Å².